The lowest BCUT2D eigenvalue weighted by Gasteiger charge is -2.39. The fourth-order valence-corrected chi connectivity index (χ4v) is 8.04. The number of benzene rings is 1. The number of aromatic nitrogens is 2. The fourth-order valence-electron chi connectivity index (χ4n) is 8.04. The predicted molar refractivity (Wildman–Crippen MR) is 150 cm³/mol. The molecule has 0 saturated carbocycles. The van der Waals surface area contributed by atoms with Crippen LogP contribution in [0.25, 0.3) is 11.1 Å². The summed E-state index contributed by atoms with van der Waals surface area (Å²) in [5.41, 5.74) is 11.4. The van der Waals surface area contributed by atoms with Gasteiger partial charge >= 0.3 is 0 Å². The van der Waals surface area contributed by atoms with Crippen molar-refractivity contribution < 1.29 is 9.25 Å². The van der Waals surface area contributed by atoms with Gasteiger partial charge in [-0.25, -0.2) is 0 Å². The number of nitrogen functional groups attached to an aromatic ring is 1. The molecule has 7 heterocycles. The maximum atomic E-state index is 14.0. The largest absolute Gasteiger partial charge is 0.421 e. The van der Waals surface area contributed by atoms with Crippen molar-refractivity contribution >= 4 is 28.5 Å². The molecule has 4 fully saturated rings. The van der Waals surface area contributed by atoms with E-state index in [0.717, 1.165) is 74.4 Å². The molecule has 2 aromatic heterocycles. The number of piperazine rings is 1. The van der Waals surface area contributed by atoms with Crippen LogP contribution in [-0.2, 0) is 13.0 Å². The first kappa shape index (κ1) is 23.6. The highest BCUT2D eigenvalue weighted by Gasteiger charge is 2.45. The lowest BCUT2D eigenvalue weighted by molar-refractivity contribution is 0.0196. The van der Waals surface area contributed by atoms with Gasteiger partial charge in [0.1, 0.15) is 12.1 Å². The summed E-state index contributed by atoms with van der Waals surface area (Å²) in [7, 11) is 0. The van der Waals surface area contributed by atoms with Crippen molar-refractivity contribution in [2.24, 2.45) is 0 Å². The monoisotopic (exact) mass is 531 g/mol. The van der Waals surface area contributed by atoms with E-state index in [1.54, 1.807) is 4.73 Å². The molecule has 3 aromatic rings. The lowest BCUT2D eigenvalue weighted by Crippen LogP contribution is -2.52. The molecule has 5 aliphatic rings. The van der Waals surface area contributed by atoms with E-state index in [2.05, 4.69) is 25.0 Å². The summed E-state index contributed by atoms with van der Waals surface area (Å²) >= 11 is 0. The molecule has 2 unspecified atom stereocenters. The number of hydrogen-bond acceptors (Lipinski definition) is 9. The highest BCUT2D eigenvalue weighted by atomic mass is 16.7. The van der Waals surface area contributed by atoms with Crippen molar-refractivity contribution in [2.75, 3.05) is 54.9 Å². The zero-order valence-electron chi connectivity index (χ0n) is 22.4. The summed E-state index contributed by atoms with van der Waals surface area (Å²) in [5, 5.41) is 3.75. The number of nitrogens with one attached hydrogen (secondary N) is 1. The molecule has 0 aliphatic carbocycles. The first-order valence-corrected chi connectivity index (χ1v) is 14.6. The Morgan fingerprint density at radius 2 is 1.85 bits per heavy atom. The predicted octanol–water partition coefficient (Wildman–Crippen LogP) is 2.13. The Kier molecular flexibility index (Phi) is 5.39. The molecule has 10 heteroatoms. The average Bonchev–Trinajstić information content (AvgIpc) is 3.70. The minimum atomic E-state index is -0.0419. The van der Waals surface area contributed by atoms with Crippen molar-refractivity contribution in [3.8, 4) is 0 Å². The van der Waals surface area contributed by atoms with Crippen LogP contribution < -0.4 is 31.2 Å². The van der Waals surface area contributed by atoms with Gasteiger partial charge in [-0.3, -0.25) is 9.69 Å². The third-order valence-electron chi connectivity index (χ3n) is 9.94. The smallest absolute Gasteiger partial charge is 0.293 e. The van der Waals surface area contributed by atoms with Crippen LogP contribution in [0, 0.1) is 0 Å². The van der Waals surface area contributed by atoms with E-state index in [4.69, 9.17) is 15.0 Å². The summed E-state index contributed by atoms with van der Waals surface area (Å²) in [5.74, 6) is 0. The normalized spacial score (nSPS) is 25.8. The number of rotatable bonds is 5. The third kappa shape index (κ3) is 3.82. The van der Waals surface area contributed by atoms with Gasteiger partial charge in [-0.2, -0.15) is 9.71 Å². The van der Waals surface area contributed by atoms with E-state index >= 15 is 0 Å². The summed E-state index contributed by atoms with van der Waals surface area (Å²) in [4.78, 5) is 32.1. The molecular weight excluding hydrogens is 494 g/mol. The molecule has 8 rings (SSSR count). The van der Waals surface area contributed by atoms with Crippen LogP contribution in [0.5, 0.6) is 0 Å². The van der Waals surface area contributed by atoms with Crippen LogP contribution in [-0.4, -0.2) is 71.6 Å². The first-order valence-electron chi connectivity index (χ1n) is 14.6. The van der Waals surface area contributed by atoms with Crippen LogP contribution >= 0.6 is 0 Å². The van der Waals surface area contributed by atoms with Crippen molar-refractivity contribution in [3.05, 3.63) is 45.9 Å². The number of nitrogens with two attached hydrogens (primary N) is 1. The molecule has 5 aliphatic heterocycles. The summed E-state index contributed by atoms with van der Waals surface area (Å²) in [6, 6.07) is 7.09. The maximum Gasteiger partial charge on any atom is 0.293 e. The first-order chi connectivity index (χ1) is 19.1. The molecule has 2 atom stereocenters. The molecule has 10 nitrogen and oxygen atoms in total. The Morgan fingerprint density at radius 3 is 2.64 bits per heavy atom. The van der Waals surface area contributed by atoms with Crippen LogP contribution in [0.15, 0.2) is 33.6 Å². The Labute approximate surface area is 227 Å². The van der Waals surface area contributed by atoms with Crippen molar-refractivity contribution in [3.63, 3.8) is 0 Å². The van der Waals surface area contributed by atoms with Gasteiger partial charge in [0.15, 0.2) is 5.58 Å². The fraction of sp³-hybridized carbons (Fsp3) is 0.586. The molecule has 1 aromatic carbocycles. The number of fused-ring (bicyclic) bond motifs is 5. The van der Waals surface area contributed by atoms with E-state index < -0.39 is 0 Å². The highest BCUT2D eigenvalue weighted by molar-refractivity contribution is 5.88. The maximum absolute atomic E-state index is 14.0. The van der Waals surface area contributed by atoms with E-state index in [0.29, 0.717) is 30.8 Å². The van der Waals surface area contributed by atoms with Crippen molar-refractivity contribution in [1.82, 2.24) is 19.9 Å². The second-order valence-corrected chi connectivity index (χ2v) is 12.2. The SMILES string of the molecule is Nc1nc2cccc(N3CCc4c(N5CC6CCC(C5)N6)cn(OCC56CCCN5CCC6)c(=O)c4C3)c2o1. The van der Waals surface area contributed by atoms with Gasteiger partial charge in [0.25, 0.3) is 11.6 Å². The van der Waals surface area contributed by atoms with Crippen LogP contribution in [0.4, 0.5) is 17.4 Å². The summed E-state index contributed by atoms with van der Waals surface area (Å²) < 4.78 is 7.34. The Morgan fingerprint density at radius 1 is 1.05 bits per heavy atom. The zero-order chi connectivity index (χ0) is 26.1. The molecule has 39 heavy (non-hydrogen) atoms. The molecule has 0 amide bonds. The van der Waals surface area contributed by atoms with Gasteiger partial charge in [-0.15, -0.1) is 0 Å². The van der Waals surface area contributed by atoms with Crippen LogP contribution in [0.2, 0.25) is 0 Å². The lowest BCUT2D eigenvalue weighted by atomic mass is 9.95. The van der Waals surface area contributed by atoms with Gasteiger partial charge in [-0.1, -0.05) is 6.07 Å². The Hall–Kier alpha value is -3.24. The van der Waals surface area contributed by atoms with Crippen molar-refractivity contribution in [1.29, 1.82) is 0 Å². The molecule has 0 spiro atoms. The molecule has 206 valence electrons. The quantitative estimate of drug-likeness (QED) is 0.512. The number of para-hydroxylation sites is 1. The van der Waals surface area contributed by atoms with E-state index in [1.807, 2.05) is 24.4 Å². The molecule has 2 bridgehead atoms. The highest BCUT2D eigenvalue weighted by Crippen LogP contribution is 2.39. The van der Waals surface area contributed by atoms with Gasteiger partial charge in [0.05, 0.1) is 23.1 Å². The Balaban J connectivity index is 1.17. The minimum absolute atomic E-state index is 0.0419. The van der Waals surface area contributed by atoms with Gasteiger partial charge in [-0.05, 0) is 75.7 Å². The van der Waals surface area contributed by atoms with E-state index in [9.17, 15) is 4.79 Å². The molecule has 0 radical (unpaired) electrons. The van der Waals surface area contributed by atoms with Gasteiger partial charge in [0.2, 0.25) is 0 Å². The van der Waals surface area contributed by atoms with Gasteiger partial charge in [0, 0.05) is 43.8 Å². The van der Waals surface area contributed by atoms with E-state index in [-0.39, 0.29) is 17.1 Å². The zero-order valence-corrected chi connectivity index (χ0v) is 22.4. The number of anilines is 3. The van der Waals surface area contributed by atoms with Crippen LogP contribution in [0.3, 0.4) is 0 Å². The van der Waals surface area contributed by atoms with Crippen molar-refractivity contribution in [2.45, 2.75) is 69.1 Å². The summed E-state index contributed by atoms with van der Waals surface area (Å²) in [6.07, 6.45) is 9.96. The molecular formula is C29H37N7O3. The number of nitrogens with zero attached hydrogens (tertiary/aromatic N) is 5. The topological polar surface area (TPSA) is 105 Å². The standard InChI is InChI=1S/C29H37N7O3/c30-28-32-23-4-1-5-24(26(23)39-28)33-13-8-21-22(16-33)27(37)36(38-18-29-9-2-11-35(29)12-3-10-29)17-25(21)34-14-19-6-7-20(15-34)31-19/h1,4-5,17,19-20,31H,2-3,6-16,18H2,(H2,30,32). The minimum Gasteiger partial charge on any atom is -0.421 e. The molecule has 4 saturated heterocycles. The average molecular weight is 532 g/mol. The van der Waals surface area contributed by atoms with E-state index in [1.165, 1.54) is 31.2 Å². The number of pyridine rings is 1. The second-order valence-electron chi connectivity index (χ2n) is 12.2. The second kappa shape index (κ2) is 8.89. The number of oxazole rings is 1. The Bertz CT molecular complexity index is 1460. The van der Waals surface area contributed by atoms with Gasteiger partial charge < -0.3 is 30.1 Å². The number of hydrogen-bond donors (Lipinski definition) is 2. The summed E-state index contributed by atoms with van der Waals surface area (Å²) in [6.45, 7) is 6.09. The third-order valence-corrected chi connectivity index (χ3v) is 9.94. The van der Waals surface area contributed by atoms with Crippen LogP contribution in [0.1, 0.15) is 49.7 Å². The molecule has 3 N–H and O–H groups in total.